The molecule has 0 aliphatic heterocycles. The van der Waals surface area contributed by atoms with E-state index in [4.69, 9.17) is 23.2 Å². The molecule has 1 heterocycles. The van der Waals surface area contributed by atoms with Gasteiger partial charge in [-0.2, -0.15) is 9.36 Å². The maximum Gasteiger partial charge on any atom is 0.369 e. The van der Waals surface area contributed by atoms with Gasteiger partial charge in [0.15, 0.2) is 0 Å². The zero-order valence-corrected chi connectivity index (χ0v) is 14.9. The molecule has 10 nitrogen and oxygen atoms in total. The molecule has 3 rings (SSSR count). The van der Waals surface area contributed by atoms with Gasteiger partial charge in [0.25, 0.3) is 5.69 Å². The molecule has 1 N–H and O–H groups in total. The van der Waals surface area contributed by atoms with Crippen LogP contribution in [0.15, 0.2) is 47.3 Å². The molecular formula is C15H10Cl2N6O4. The summed E-state index contributed by atoms with van der Waals surface area (Å²) in [6.45, 7) is -0.497. The predicted octanol–water partition coefficient (Wildman–Crippen LogP) is 2.28. The van der Waals surface area contributed by atoms with Gasteiger partial charge >= 0.3 is 5.69 Å². The van der Waals surface area contributed by atoms with E-state index in [0.29, 0.717) is 5.69 Å². The topological polar surface area (TPSA) is 125 Å². The number of halogens is 2. The van der Waals surface area contributed by atoms with Crippen LogP contribution in [0.3, 0.4) is 0 Å². The Morgan fingerprint density at radius 2 is 1.93 bits per heavy atom. The van der Waals surface area contributed by atoms with E-state index in [1.165, 1.54) is 12.1 Å². The van der Waals surface area contributed by atoms with Crippen molar-refractivity contribution in [2.45, 2.75) is 6.54 Å². The van der Waals surface area contributed by atoms with Crippen LogP contribution in [-0.4, -0.2) is 30.6 Å². The molecule has 138 valence electrons. The minimum absolute atomic E-state index is 0.0547. The summed E-state index contributed by atoms with van der Waals surface area (Å²) in [7, 11) is 0. The fourth-order valence-corrected chi connectivity index (χ4v) is 2.62. The molecule has 12 heteroatoms. The lowest BCUT2D eigenvalue weighted by atomic mass is 10.2. The van der Waals surface area contributed by atoms with Gasteiger partial charge in [-0.3, -0.25) is 14.9 Å². The average molecular weight is 409 g/mol. The summed E-state index contributed by atoms with van der Waals surface area (Å²) in [6, 6.07) is 10.3. The van der Waals surface area contributed by atoms with E-state index < -0.39 is 23.1 Å². The SMILES string of the molecule is O=C(Cn1nnn(-c2ccccc2Cl)c1=O)Nc1ccc(Cl)cc1[N+](=O)[O-]. The second-order valence-electron chi connectivity index (χ2n) is 5.25. The van der Waals surface area contributed by atoms with Crippen LogP contribution in [0, 0.1) is 10.1 Å². The van der Waals surface area contributed by atoms with Crippen LogP contribution >= 0.6 is 23.2 Å². The molecule has 2 aromatic carbocycles. The maximum atomic E-state index is 12.4. The molecule has 0 bridgehead atoms. The lowest BCUT2D eigenvalue weighted by molar-refractivity contribution is -0.383. The van der Waals surface area contributed by atoms with Gasteiger partial charge < -0.3 is 5.32 Å². The molecule has 27 heavy (non-hydrogen) atoms. The minimum Gasteiger partial charge on any atom is -0.319 e. The Hall–Kier alpha value is -3.24. The summed E-state index contributed by atoms with van der Waals surface area (Å²) < 4.78 is 1.75. The highest BCUT2D eigenvalue weighted by Crippen LogP contribution is 2.27. The van der Waals surface area contributed by atoms with Crippen molar-refractivity contribution >= 4 is 40.5 Å². The lowest BCUT2D eigenvalue weighted by Crippen LogP contribution is -2.30. The van der Waals surface area contributed by atoms with Gasteiger partial charge in [-0.15, -0.1) is 0 Å². The number of amides is 1. The molecule has 1 amide bonds. The number of nitro benzene ring substituents is 1. The van der Waals surface area contributed by atoms with Crippen molar-refractivity contribution in [2.75, 3.05) is 5.32 Å². The highest BCUT2D eigenvalue weighted by atomic mass is 35.5. The summed E-state index contributed by atoms with van der Waals surface area (Å²) in [5, 5.41) is 21.2. The van der Waals surface area contributed by atoms with Crippen LogP contribution in [0.5, 0.6) is 0 Å². The zero-order chi connectivity index (χ0) is 19.6. The van der Waals surface area contributed by atoms with Gasteiger partial charge in [-0.25, -0.2) is 4.79 Å². The Bertz CT molecular complexity index is 1090. The van der Waals surface area contributed by atoms with Gasteiger partial charge in [-0.05, 0) is 34.7 Å². The van der Waals surface area contributed by atoms with E-state index in [0.717, 1.165) is 15.4 Å². The molecule has 0 saturated heterocycles. The van der Waals surface area contributed by atoms with E-state index in [2.05, 4.69) is 15.7 Å². The van der Waals surface area contributed by atoms with E-state index in [-0.39, 0.29) is 21.4 Å². The average Bonchev–Trinajstić information content (AvgIpc) is 2.97. The molecule has 3 aromatic rings. The Labute approximate surface area is 161 Å². The standard InChI is InChI=1S/C15H10Cl2N6O4/c16-9-5-6-11(13(7-9)23(26)27)18-14(24)8-21-15(25)22(20-19-21)12-4-2-1-3-10(12)17/h1-7H,8H2,(H,18,24). The van der Waals surface area contributed by atoms with Crippen LogP contribution < -0.4 is 11.0 Å². The molecule has 0 aliphatic rings. The number of nitrogens with one attached hydrogen (secondary N) is 1. The largest absolute Gasteiger partial charge is 0.369 e. The van der Waals surface area contributed by atoms with E-state index >= 15 is 0 Å². The van der Waals surface area contributed by atoms with Crippen LogP contribution in [0.4, 0.5) is 11.4 Å². The number of carbonyl (C=O) groups is 1. The Kier molecular flexibility index (Phi) is 5.19. The zero-order valence-electron chi connectivity index (χ0n) is 13.4. The summed E-state index contributed by atoms with van der Waals surface area (Å²) in [6.07, 6.45) is 0. The van der Waals surface area contributed by atoms with Gasteiger partial charge in [0, 0.05) is 11.1 Å². The van der Waals surface area contributed by atoms with Gasteiger partial charge in [0.1, 0.15) is 12.2 Å². The molecule has 0 unspecified atom stereocenters. The van der Waals surface area contributed by atoms with Crippen molar-refractivity contribution < 1.29 is 9.72 Å². The number of hydrogen-bond acceptors (Lipinski definition) is 6. The van der Waals surface area contributed by atoms with Crippen LogP contribution in [0.2, 0.25) is 10.0 Å². The fourth-order valence-electron chi connectivity index (χ4n) is 2.24. The van der Waals surface area contributed by atoms with Crippen molar-refractivity contribution in [2.24, 2.45) is 0 Å². The second kappa shape index (κ2) is 7.56. The smallest absolute Gasteiger partial charge is 0.319 e. The number of benzene rings is 2. The molecular weight excluding hydrogens is 399 g/mol. The molecule has 0 aliphatic carbocycles. The first kappa shape index (κ1) is 18.5. The highest BCUT2D eigenvalue weighted by Gasteiger charge is 2.18. The lowest BCUT2D eigenvalue weighted by Gasteiger charge is -2.05. The molecule has 0 atom stereocenters. The normalized spacial score (nSPS) is 10.6. The molecule has 0 saturated carbocycles. The third kappa shape index (κ3) is 3.96. The number of tetrazole rings is 1. The first-order chi connectivity index (χ1) is 12.9. The maximum absolute atomic E-state index is 12.4. The predicted molar refractivity (Wildman–Crippen MR) is 97.4 cm³/mol. The number of anilines is 1. The Morgan fingerprint density at radius 1 is 1.19 bits per heavy atom. The van der Waals surface area contributed by atoms with Gasteiger partial charge in [0.2, 0.25) is 5.91 Å². The van der Waals surface area contributed by atoms with Gasteiger partial charge in [-0.1, -0.05) is 35.3 Å². The van der Waals surface area contributed by atoms with Crippen molar-refractivity contribution in [3.8, 4) is 5.69 Å². The minimum atomic E-state index is -0.700. The van der Waals surface area contributed by atoms with Gasteiger partial charge in [0.05, 0.1) is 15.6 Å². The molecule has 0 spiro atoms. The first-order valence-corrected chi connectivity index (χ1v) is 8.14. The summed E-state index contributed by atoms with van der Waals surface area (Å²) >= 11 is 11.7. The van der Waals surface area contributed by atoms with Crippen LogP contribution in [-0.2, 0) is 11.3 Å². The quantitative estimate of drug-likeness (QED) is 0.509. The highest BCUT2D eigenvalue weighted by molar-refractivity contribution is 6.32. The van der Waals surface area contributed by atoms with Crippen molar-refractivity contribution in [1.29, 1.82) is 0 Å². The molecule has 0 radical (unpaired) electrons. The van der Waals surface area contributed by atoms with Crippen LogP contribution in [0.25, 0.3) is 5.69 Å². The number of nitrogens with zero attached hydrogens (tertiary/aromatic N) is 5. The Morgan fingerprint density at radius 3 is 2.63 bits per heavy atom. The number of para-hydroxylation sites is 1. The molecule has 1 aromatic heterocycles. The number of rotatable bonds is 5. The number of aromatic nitrogens is 4. The van der Waals surface area contributed by atoms with E-state index in [1.54, 1.807) is 24.3 Å². The summed E-state index contributed by atoms with van der Waals surface area (Å²) in [4.78, 5) is 34.9. The fraction of sp³-hybridized carbons (Fsp3) is 0.0667. The number of hydrogen-bond donors (Lipinski definition) is 1. The first-order valence-electron chi connectivity index (χ1n) is 7.38. The molecule has 0 fully saturated rings. The number of nitro groups is 1. The van der Waals surface area contributed by atoms with Crippen molar-refractivity contribution in [3.63, 3.8) is 0 Å². The Balaban J connectivity index is 1.81. The second-order valence-corrected chi connectivity index (χ2v) is 6.09. The van der Waals surface area contributed by atoms with E-state index in [9.17, 15) is 19.7 Å². The number of carbonyl (C=O) groups excluding carboxylic acids is 1. The third-order valence-electron chi connectivity index (χ3n) is 3.44. The monoisotopic (exact) mass is 408 g/mol. The van der Waals surface area contributed by atoms with E-state index in [1.807, 2.05) is 0 Å². The van der Waals surface area contributed by atoms with Crippen molar-refractivity contribution in [3.05, 3.63) is 73.1 Å². The van der Waals surface area contributed by atoms with Crippen molar-refractivity contribution in [1.82, 2.24) is 19.8 Å². The van der Waals surface area contributed by atoms with Crippen LogP contribution in [0.1, 0.15) is 0 Å². The summed E-state index contributed by atoms with van der Waals surface area (Å²) in [5.74, 6) is -0.700. The third-order valence-corrected chi connectivity index (χ3v) is 4.00. The summed E-state index contributed by atoms with van der Waals surface area (Å²) in [5.41, 5.74) is -0.808.